The molecule has 1 aromatic heterocycles. The first-order valence-electron chi connectivity index (χ1n) is 6.88. The first kappa shape index (κ1) is 13.7. The highest BCUT2D eigenvalue weighted by Gasteiger charge is 2.14. The number of rotatable bonds is 4. The molecule has 1 amide bonds. The van der Waals surface area contributed by atoms with Crippen LogP contribution >= 0.6 is 0 Å². The summed E-state index contributed by atoms with van der Waals surface area (Å²) in [6.07, 6.45) is 2.14. The Morgan fingerprint density at radius 1 is 1.26 bits per heavy atom. The van der Waals surface area contributed by atoms with E-state index in [4.69, 9.17) is 0 Å². The molecule has 1 heterocycles. The van der Waals surface area contributed by atoms with Gasteiger partial charge < -0.3 is 9.88 Å². The Morgan fingerprint density at radius 2 is 2.00 bits per heavy atom. The zero-order valence-corrected chi connectivity index (χ0v) is 12.2. The smallest absolute Gasteiger partial charge is 0.270 e. The Balaban J connectivity index is 2.30. The van der Waals surface area contributed by atoms with E-state index in [1.807, 2.05) is 13.1 Å². The number of hydrogen-bond donors (Lipinski definition) is 1. The molecule has 102 valence electrons. The lowest BCUT2D eigenvalue weighted by molar-refractivity contribution is 0.0788. The van der Waals surface area contributed by atoms with Crippen LogP contribution in [0.2, 0.25) is 0 Å². The Morgan fingerprint density at radius 3 is 2.68 bits per heavy atom. The van der Waals surface area contributed by atoms with Gasteiger partial charge in [-0.2, -0.15) is 0 Å². The van der Waals surface area contributed by atoms with Crippen LogP contribution in [0.25, 0.3) is 10.9 Å². The fourth-order valence-corrected chi connectivity index (χ4v) is 2.42. The van der Waals surface area contributed by atoms with Crippen molar-refractivity contribution in [2.45, 2.75) is 33.6 Å². The van der Waals surface area contributed by atoms with Crippen molar-refractivity contribution in [2.75, 3.05) is 13.6 Å². The Labute approximate surface area is 114 Å². The molecule has 0 aliphatic heterocycles. The second kappa shape index (κ2) is 5.47. The van der Waals surface area contributed by atoms with Gasteiger partial charge in [0.1, 0.15) is 5.69 Å². The molecular formula is C16H22N2O. The number of hydrogen-bond acceptors (Lipinski definition) is 1. The number of carbonyl (C=O) groups excluding carboxylic acids is 1. The molecule has 0 unspecified atom stereocenters. The molecule has 0 spiro atoms. The third kappa shape index (κ3) is 2.80. The van der Waals surface area contributed by atoms with E-state index >= 15 is 0 Å². The van der Waals surface area contributed by atoms with Gasteiger partial charge in [0, 0.05) is 24.5 Å². The molecule has 19 heavy (non-hydrogen) atoms. The number of nitrogens with one attached hydrogen (secondary N) is 1. The van der Waals surface area contributed by atoms with Gasteiger partial charge in [0.2, 0.25) is 0 Å². The van der Waals surface area contributed by atoms with Gasteiger partial charge in [-0.1, -0.05) is 19.4 Å². The van der Waals surface area contributed by atoms with E-state index in [9.17, 15) is 4.79 Å². The maximum atomic E-state index is 12.3. The molecule has 0 bridgehead atoms. The summed E-state index contributed by atoms with van der Waals surface area (Å²) in [6.45, 7) is 7.09. The molecule has 0 fully saturated rings. The summed E-state index contributed by atoms with van der Waals surface area (Å²) >= 11 is 0. The number of amides is 1. The number of unbranched alkanes of at least 4 members (excludes halogenated alkanes) is 1. The van der Waals surface area contributed by atoms with Crippen molar-refractivity contribution in [3.8, 4) is 0 Å². The Hall–Kier alpha value is -1.77. The lowest BCUT2D eigenvalue weighted by Crippen LogP contribution is -2.27. The summed E-state index contributed by atoms with van der Waals surface area (Å²) in [7, 11) is 1.86. The molecule has 1 aromatic carbocycles. The molecule has 0 saturated carbocycles. The minimum atomic E-state index is 0.0710. The van der Waals surface area contributed by atoms with E-state index in [-0.39, 0.29) is 5.91 Å². The number of benzene rings is 1. The fraction of sp³-hybridized carbons (Fsp3) is 0.438. The highest BCUT2D eigenvalue weighted by molar-refractivity contribution is 5.98. The Kier molecular flexibility index (Phi) is 3.93. The van der Waals surface area contributed by atoms with Crippen molar-refractivity contribution in [1.82, 2.24) is 9.88 Å². The van der Waals surface area contributed by atoms with E-state index in [2.05, 4.69) is 37.9 Å². The average molecular weight is 258 g/mol. The lowest BCUT2D eigenvalue weighted by atomic mass is 10.1. The van der Waals surface area contributed by atoms with Crippen molar-refractivity contribution < 1.29 is 4.79 Å². The molecule has 1 N–H and O–H groups in total. The predicted octanol–water partition coefficient (Wildman–Crippen LogP) is 3.66. The summed E-state index contributed by atoms with van der Waals surface area (Å²) in [5.41, 5.74) is 4.15. The average Bonchev–Trinajstić information content (AvgIpc) is 2.79. The zero-order chi connectivity index (χ0) is 14.0. The highest BCUT2D eigenvalue weighted by atomic mass is 16.2. The maximum absolute atomic E-state index is 12.3. The molecule has 2 rings (SSSR count). The summed E-state index contributed by atoms with van der Waals surface area (Å²) in [4.78, 5) is 17.3. The van der Waals surface area contributed by atoms with Crippen molar-refractivity contribution in [3.05, 3.63) is 35.0 Å². The van der Waals surface area contributed by atoms with Crippen LogP contribution in [0.1, 0.15) is 41.4 Å². The van der Waals surface area contributed by atoms with Crippen molar-refractivity contribution in [1.29, 1.82) is 0 Å². The maximum Gasteiger partial charge on any atom is 0.270 e. The van der Waals surface area contributed by atoms with E-state index < -0.39 is 0 Å². The quantitative estimate of drug-likeness (QED) is 0.892. The van der Waals surface area contributed by atoms with E-state index in [1.54, 1.807) is 4.90 Å². The fourth-order valence-electron chi connectivity index (χ4n) is 2.42. The van der Waals surface area contributed by atoms with Crippen LogP contribution in [-0.2, 0) is 0 Å². The van der Waals surface area contributed by atoms with Crippen LogP contribution in [0.15, 0.2) is 18.2 Å². The largest absolute Gasteiger partial charge is 0.351 e. The number of aromatic nitrogens is 1. The molecule has 3 heteroatoms. The van der Waals surface area contributed by atoms with Gasteiger partial charge in [0.05, 0.1) is 0 Å². The molecule has 3 nitrogen and oxygen atoms in total. The molecule has 0 atom stereocenters. The van der Waals surface area contributed by atoms with Crippen LogP contribution in [-0.4, -0.2) is 29.4 Å². The number of H-pyrrole nitrogens is 1. The van der Waals surface area contributed by atoms with Gasteiger partial charge in [-0.05, 0) is 43.5 Å². The van der Waals surface area contributed by atoms with Crippen LogP contribution in [0.5, 0.6) is 0 Å². The van der Waals surface area contributed by atoms with Crippen LogP contribution < -0.4 is 0 Å². The van der Waals surface area contributed by atoms with Crippen molar-refractivity contribution in [3.63, 3.8) is 0 Å². The number of nitrogens with zero attached hydrogens (tertiary/aromatic N) is 1. The summed E-state index contributed by atoms with van der Waals surface area (Å²) < 4.78 is 0. The SMILES string of the molecule is CCCCN(C)C(=O)c1cc2c(C)cc(C)cc2[nH]1. The highest BCUT2D eigenvalue weighted by Crippen LogP contribution is 2.22. The minimum absolute atomic E-state index is 0.0710. The molecular weight excluding hydrogens is 236 g/mol. The third-order valence-corrected chi connectivity index (χ3v) is 3.51. The molecule has 2 aromatic rings. The standard InChI is InChI=1S/C16H22N2O/c1-5-6-7-18(4)16(19)15-10-13-12(3)8-11(2)9-14(13)17-15/h8-10,17H,5-7H2,1-4H3. The van der Waals surface area contributed by atoms with E-state index in [0.717, 1.165) is 30.3 Å². The molecule has 0 saturated heterocycles. The monoisotopic (exact) mass is 258 g/mol. The van der Waals surface area contributed by atoms with E-state index in [1.165, 1.54) is 11.1 Å². The number of aromatic amines is 1. The van der Waals surface area contributed by atoms with Crippen LogP contribution in [0.3, 0.4) is 0 Å². The summed E-state index contributed by atoms with van der Waals surface area (Å²) in [5.74, 6) is 0.0710. The van der Waals surface area contributed by atoms with Gasteiger partial charge in [0.25, 0.3) is 5.91 Å². The van der Waals surface area contributed by atoms with Crippen LogP contribution in [0, 0.1) is 13.8 Å². The first-order chi connectivity index (χ1) is 9.02. The van der Waals surface area contributed by atoms with Crippen LogP contribution in [0.4, 0.5) is 0 Å². The molecule has 0 aliphatic carbocycles. The zero-order valence-electron chi connectivity index (χ0n) is 12.2. The van der Waals surface area contributed by atoms with E-state index in [0.29, 0.717) is 5.69 Å². The van der Waals surface area contributed by atoms with Crippen molar-refractivity contribution >= 4 is 16.8 Å². The van der Waals surface area contributed by atoms with Gasteiger partial charge in [-0.15, -0.1) is 0 Å². The third-order valence-electron chi connectivity index (χ3n) is 3.51. The normalized spacial score (nSPS) is 10.9. The second-order valence-corrected chi connectivity index (χ2v) is 5.31. The van der Waals surface area contributed by atoms with Crippen molar-refractivity contribution in [2.24, 2.45) is 0 Å². The predicted molar refractivity (Wildman–Crippen MR) is 79.6 cm³/mol. The first-order valence-corrected chi connectivity index (χ1v) is 6.88. The van der Waals surface area contributed by atoms with Gasteiger partial charge >= 0.3 is 0 Å². The minimum Gasteiger partial charge on any atom is -0.351 e. The van der Waals surface area contributed by atoms with Gasteiger partial charge in [0.15, 0.2) is 0 Å². The number of carbonyl (C=O) groups is 1. The lowest BCUT2D eigenvalue weighted by Gasteiger charge is -2.15. The number of fused-ring (bicyclic) bond motifs is 1. The molecule has 0 aliphatic rings. The summed E-state index contributed by atoms with van der Waals surface area (Å²) in [5, 5.41) is 1.14. The summed E-state index contributed by atoms with van der Waals surface area (Å²) in [6, 6.07) is 6.20. The molecule has 0 radical (unpaired) electrons. The van der Waals surface area contributed by atoms with Gasteiger partial charge in [-0.25, -0.2) is 0 Å². The van der Waals surface area contributed by atoms with Gasteiger partial charge in [-0.3, -0.25) is 4.79 Å². The second-order valence-electron chi connectivity index (χ2n) is 5.31. The topological polar surface area (TPSA) is 36.1 Å². The Bertz CT molecular complexity index is 598. The number of aryl methyl sites for hydroxylation is 2.